The first-order valence-corrected chi connectivity index (χ1v) is 6.34. The first-order valence-electron chi connectivity index (χ1n) is 6.34. The lowest BCUT2D eigenvalue weighted by atomic mass is 9.78. The molecule has 0 radical (unpaired) electrons. The molecule has 0 aromatic heterocycles. The summed E-state index contributed by atoms with van der Waals surface area (Å²) in [5, 5.41) is 11.3. The molecule has 1 fully saturated rings. The number of rotatable bonds is 4. The van der Waals surface area contributed by atoms with E-state index in [9.17, 15) is 18.0 Å². The largest absolute Gasteiger partial charge is 0.396 e. The van der Waals surface area contributed by atoms with E-state index in [-0.39, 0.29) is 19.1 Å². The number of hydrogen-bond acceptors (Lipinski definition) is 2. The normalized spacial score (nSPS) is 26.7. The number of nitrogens with one attached hydrogen (secondary N) is 1. The van der Waals surface area contributed by atoms with E-state index in [2.05, 4.69) is 5.32 Å². The standard InChI is InChI=1S/C12H20F3NO2/c1-8(6-7-17)16-11(18)9-4-2-3-5-10(9)12(13,14)15/h8-10,17H,2-7H2,1H3,(H,16,18). The predicted octanol–water partition coefficient (Wildman–Crippen LogP) is 2.24. The number of aliphatic hydroxyl groups excluding tert-OH is 1. The summed E-state index contributed by atoms with van der Waals surface area (Å²) in [4.78, 5) is 11.8. The van der Waals surface area contributed by atoms with Gasteiger partial charge >= 0.3 is 6.18 Å². The number of halogens is 3. The molecule has 0 heterocycles. The van der Waals surface area contributed by atoms with Crippen molar-refractivity contribution in [3.05, 3.63) is 0 Å². The second-order valence-corrected chi connectivity index (χ2v) is 4.96. The summed E-state index contributed by atoms with van der Waals surface area (Å²) >= 11 is 0. The first-order chi connectivity index (χ1) is 8.36. The molecular weight excluding hydrogens is 247 g/mol. The van der Waals surface area contributed by atoms with Crippen LogP contribution in [0.15, 0.2) is 0 Å². The molecule has 0 bridgehead atoms. The fourth-order valence-corrected chi connectivity index (χ4v) is 2.45. The maximum Gasteiger partial charge on any atom is 0.392 e. The van der Waals surface area contributed by atoms with Gasteiger partial charge in [-0.1, -0.05) is 12.8 Å². The Bertz CT molecular complexity index is 281. The summed E-state index contributed by atoms with van der Waals surface area (Å²) in [6.45, 7) is 1.59. The molecule has 1 aliphatic carbocycles. The Morgan fingerprint density at radius 1 is 1.39 bits per heavy atom. The summed E-state index contributed by atoms with van der Waals surface area (Å²) in [7, 11) is 0. The van der Waals surface area contributed by atoms with Crippen LogP contribution in [0, 0.1) is 11.8 Å². The van der Waals surface area contributed by atoms with Gasteiger partial charge in [0.05, 0.1) is 5.92 Å². The van der Waals surface area contributed by atoms with E-state index >= 15 is 0 Å². The van der Waals surface area contributed by atoms with Crippen molar-refractivity contribution in [2.45, 2.75) is 51.2 Å². The zero-order valence-corrected chi connectivity index (χ0v) is 10.5. The van der Waals surface area contributed by atoms with Crippen molar-refractivity contribution < 1.29 is 23.1 Å². The SMILES string of the molecule is CC(CCO)NC(=O)C1CCCCC1C(F)(F)F. The molecule has 0 saturated heterocycles. The van der Waals surface area contributed by atoms with Gasteiger partial charge in [-0.3, -0.25) is 4.79 Å². The molecule has 3 nitrogen and oxygen atoms in total. The van der Waals surface area contributed by atoms with Gasteiger partial charge in [-0.05, 0) is 26.2 Å². The molecule has 0 aromatic rings. The summed E-state index contributed by atoms with van der Waals surface area (Å²) in [5.41, 5.74) is 0. The Morgan fingerprint density at radius 3 is 2.56 bits per heavy atom. The fraction of sp³-hybridized carbons (Fsp3) is 0.917. The summed E-state index contributed by atoms with van der Waals surface area (Å²) < 4.78 is 38.5. The van der Waals surface area contributed by atoms with Crippen LogP contribution in [0.2, 0.25) is 0 Å². The van der Waals surface area contributed by atoms with Crippen LogP contribution in [0.25, 0.3) is 0 Å². The van der Waals surface area contributed by atoms with Crippen molar-refractivity contribution >= 4 is 5.91 Å². The minimum absolute atomic E-state index is 0.0377. The molecule has 0 aromatic carbocycles. The first kappa shape index (κ1) is 15.3. The third-order valence-electron chi connectivity index (χ3n) is 3.47. The minimum Gasteiger partial charge on any atom is -0.396 e. The smallest absolute Gasteiger partial charge is 0.392 e. The highest BCUT2D eigenvalue weighted by Crippen LogP contribution is 2.41. The number of hydrogen-bond donors (Lipinski definition) is 2. The monoisotopic (exact) mass is 267 g/mol. The Balaban J connectivity index is 2.63. The highest BCUT2D eigenvalue weighted by molar-refractivity contribution is 5.79. The van der Waals surface area contributed by atoms with Crippen LogP contribution >= 0.6 is 0 Å². The average molecular weight is 267 g/mol. The van der Waals surface area contributed by atoms with Gasteiger partial charge in [0, 0.05) is 18.6 Å². The van der Waals surface area contributed by atoms with Crippen LogP contribution in [0.4, 0.5) is 13.2 Å². The number of amides is 1. The zero-order valence-electron chi connectivity index (χ0n) is 10.5. The average Bonchev–Trinajstić information content (AvgIpc) is 2.28. The highest BCUT2D eigenvalue weighted by atomic mass is 19.4. The number of alkyl halides is 3. The van der Waals surface area contributed by atoms with Gasteiger partial charge in [-0.15, -0.1) is 0 Å². The molecule has 1 aliphatic rings. The van der Waals surface area contributed by atoms with E-state index in [1.807, 2.05) is 0 Å². The summed E-state index contributed by atoms with van der Waals surface area (Å²) in [5.74, 6) is -3.02. The third-order valence-corrected chi connectivity index (χ3v) is 3.47. The molecular formula is C12H20F3NO2. The molecule has 1 saturated carbocycles. The number of carbonyl (C=O) groups is 1. The Morgan fingerprint density at radius 2 is 2.00 bits per heavy atom. The van der Waals surface area contributed by atoms with E-state index < -0.39 is 23.9 Å². The van der Waals surface area contributed by atoms with Gasteiger partial charge in [0.1, 0.15) is 0 Å². The zero-order chi connectivity index (χ0) is 13.8. The van der Waals surface area contributed by atoms with Gasteiger partial charge < -0.3 is 10.4 Å². The van der Waals surface area contributed by atoms with Crippen LogP contribution in [-0.4, -0.2) is 29.8 Å². The molecule has 2 N–H and O–H groups in total. The van der Waals surface area contributed by atoms with E-state index in [1.54, 1.807) is 6.92 Å². The predicted molar refractivity (Wildman–Crippen MR) is 60.8 cm³/mol. The van der Waals surface area contributed by atoms with E-state index in [4.69, 9.17) is 5.11 Å². The van der Waals surface area contributed by atoms with Crippen LogP contribution in [-0.2, 0) is 4.79 Å². The van der Waals surface area contributed by atoms with Crippen molar-refractivity contribution in [2.75, 3.05) is 6.61 Å². The molecule has 0 spiro atoms. The van der Waals surface area contributed by atoms with E-state index in [0.29, 0.717) is 25.7 Å². The van der Waals surface area contributed by atoms with Crippen molar-refractivity contribution in [1.82, 2.24) is 5.32 Å². The van der Waals surface area contributed by atoms with Crippen molar-refractivity contribution in [2.24, 2.45) is 11.8 Å². The molecule has 106 valence electrons. The second kappa shape index (κ2) is 6.41. The number of carbonyl (C=O) groups excluding carboxylic acids is 1. The van der Waals surface area contributed by atoms with Crippen LogP contribution < -0.4 is 5.32 Å². The quantitative estimate of drug-likeness (QED) is 0.820. The summed E-state index contributed by atoms with van der Waals surface area (Å²) in [6.07, 6.45) is -2.42. The van der Waals surface area contributed by atoms with E-state index in [1.165, 1.54) is 0 Å². The van der Waals surface area contributed by atoms with Gasteiger partial charge in [0.25, 0.3) is 0 Å². The molecule has 1 amide bonds. The van der Waals surface area contributed by atoms with Crippen molar-refractivity contribution in [3.8, 4) is 0 Å². The molecule has 3 atom stereocenters. The van der Waals surface area contributed by atoms with Gasteiger partial charge in [-0.2, -0.15) is 13.2 Å². The molecule has 6 heteroatoms. The molecule has 3 unspecified atom stereocenters. The molecule has 18 heavy (non-hydrogen) atoms. The van der Waals surface area contributed by atoms with Crippen LogP contribution in [0.3, 0.4) is 0 Å². The van der Waals surface area contributed by atoms with Gasteiger partial charge in [0.15, 0.2) is 0 Å². The Hall–Kier alpha value is -0.780. The highest BCUT2D eigenvalue weighted by Gasteiger charge is 2.48. The van der Waals surface area contributed by atoms with E-state index in [0.717, 1.165) is 0 Å². The van der Waals surface area contributed by atoms with Crippen LogP contribution in [0.5, 0.6) is 0 Å². The minimum atomic E-state index is -4.30. The summed E-state index contributed by atoms with van der Waals surface area (Å²) in [6, 6.07) is -0.293. The molecule has 1 rings (SSSR count). The maximum atomic E-state index is 12.8. The van der Waals surface area contributed by atoms with Crippen molar-refractivity contribution in [1.29, 1.82) is 0 Å². The topological polar surface area (TPSA) is 49.3 Å². The lowest BCUT2D eigenvalue weighted by Crippen LogP contribution is -2.45. The van der Waals surface area contributed by atoms with Gasteiger partial charge in [-0.25, -0.2) is 0 Å². The fourth-order valence-electron chi connectivity index (χ4n) is 2.45. The Kier molecular flexibility index (Phi) is 5.44. The molecule has 0 aliphatic heterocycles. The second-order valence-electron chi connectivity index (χ2n) is 4.96. The number of aliphatic hydroxyl groups is 1. The Labute approximate surface area is 105 Å². The van der Waals surface area contributed by atoms with Gasteiger partial charge in [0.2, 0.25) is 5.91 Å². The lowest BCUT2D eigenvalue weighted by molar-refractivity contribution is -0.198. The van der Waals surface area contributed by atoms with Crippen molar-refractivity contribution in [3.63, 3.8) is 0 Å². The lowest BCUT2D eigenvalue weighted by Gasteiger charge is -2.32. The maximum absolute atomic E-state index is 12.8. The van der Waals surface area contributed by atoms with Crippen LogP contribution in [0.1, 0.15) is 39.0 Å². The third kappa shape index (κ3) is 4.15.